The molecule has 0 radical (unpaired) electrons. The molecule has 1 amide bonds. The van der Waals surface area contributed by atoms with Gasteiger partial charge in [0.15, 0.2) is 0 Å². The van der Waals surface area contributed by atoms with Crippen molar-refractivity contribution >= 4 is 46.4 Å². The van der Waals surface area contributed by atoms with E-state index in [2.05, 4.69) is 10.2 Å². The standard InChI is InChI=1S/C17H24Cl3N3O2/c1-12(2)15(24)21-16(17(18,19)20)23-10-8-22(9-11-23)13-6-4-5-7-14(13)25-3/h4-7,12,16H,8-11H2,1-3H3,(H,21,24). The summed E-state index contributed by atoms with van der Waals surface area (Å²) < 4.78 is 3.83. The maximum Gasteiger partial charge on any atom is 0.223 e. The highest BCUT2D eigenvalue weighted by Crippen LogP contribution is 2.34. The number of piperazine rings is 1. The summed E-state index contributed by atoms with van der Waals surface area (Å²) in [6.45, 7) is 6.43. The molecule has 1 saturated heterocycles. The molecule has 1 aromatic rings. The van der Waals surface area contributed by atoms with Gasteiger partial charge in [0.1, 0.15) is 11.9 Å². The van der Waals surface area contributed by atoms with Crippen molar-refractivity contribution in [1.29, 1.82) is 0 Å². The van der Waals surface area contributed by atoms with Crippen LogP contribution in [0.4, 0.5) is 5.69 Å². The molecule has 1 unspecified atom stereocenters. The van der Waals surface area contributed by atoms with E-state index in [0.717, 1.165) is 24.5 Å². The highest BCUT2D eigenvalue weighted by Gasteiger charge is 2.40. The minimum atomic E-state index is -1.60. The van der Waals surface area contributed by atoms with Crippen molar-refractivity contribution in [3.8, 4) is 5.75 Å². The lowest BCUT2D eigenvalue weighted by Crippen LogP contribution is -2.61. The molecule has 8 heteroatoms. The number of para-hydroxylation sites is 2. The van der Waals surface area contributed by atoms with Crippen LogP contribution in [0, 0.1) is 5.92 Å². The summed E-state index contributed by atoms with van der Waals surface area (Å²) in [5.74, 6) is 0.523. The molecule has 1 atom stereocenters. The Morgan fingerprint density at radius 3 is 2.28 bits per heavy atom. The summed E-state index contributed by atoms with van der Waals surface area (Å²) in [5.41, 5.74) is 1.04. The van der Waals surface area contributed by atoms with Gasteiger partial charge in [-0.3, -0.25) is 9.69 Å². The number of halogens is 3. The van der Waals surface area contributed by atoms with Gasteiger partial charge >= 0.3 is 0 Å². The summed E-state index contributed by atoms with van der Waals surface area (Å²) in [7, 11) is 1.66. The van der Waals surface area contributed by atoms with Gasteiger partial charge in [-0.25, -0.2) is 0 Å². The van der Waals surface area contributed by atoms with Crippen LogP contribution < -0.4 is 15.0 Å². The number of carbonyl (C=O) groups is 1. The van der Waals surface area contributed by atoms with Gasteiger partial charge in [-0.2, -0.15) is 0 Å². The smallest absolute Gasteiger partial charge is 0.223 e. The molecule has 0 aliphatic carbocycles. The molecular weight excluding hydrogens is 385 g/mol. The number of nitrogens with zero attached hydrogens (tertiary/aromatic N) is 2. The number of nitrogens with one attached hydrogen (secondary N) is 1. The zero-order chi connectivity index (χ0) is 18.6. The molecule has 2 rings (SSSR count). The zero-order valence-electron chi connectivity index (χ0n) is 14.6. The molecule has 140 valence electrons. The zero-order valence-corrected chi connectivity index (χ0v) is 16.9. The number of rotatable bonds is 5. The van der Waals surface area contributed by atoms with E-state index in [0.29, 0.717) is 13.1 Å². The monoisotopic (exact) mass is 407 g/mol. The molecular formula is C17H24Cl3N3O2. The number of hydrogen-bond donors (Lipinski definition) is 1. The second-order valence-corrected chi connectivity index (χ2v) is 8.67. The van der Waals surface area contributed by atoms with Crippen molar-refractivity contribution in [1.82, 2.24) is 10.2 Å². The first-order chi connectivity index (χ1) is 11.7. The van der Waals surface area contributed by atoms with Gasteiger partial charge in [0.2, 0.25) is 9.70 Å². The molecule has 0 bridgehead atoms. The molecule has 1 N–H and O–H groups in total. The number of amides is 1. The molecule has 5 nitrogen and oxygen atoms in total. The highest BCUT2D eigenvalue weighted by atomic mass is 35.6. The Balaban J connectivity index is 2.06. The van der Waals surface area contributed by atoms with Crippen LogP contribution in [0.25, 0.3) is 0 Å². The van der Waals surface area contributed by atoms with Crippen LogP contribution in [0.1, 0.15) is 13.8 Å². The SMILES string of the molecule is COc1ccccc1N1CCN(C(NC(=O)C(C)C)C(Cl)(Cl)Cl)CC1. The molecule has 0 saturated carbocycles. The van der Waals surface area contributed by atoms with Crippen LogP contribution in [-0.4, -0.2) is 54.1 Å². The third-order valence-corrected chi connectivity index (χ3v) is 4.84. The van der Waals surface area contributed by atoms with Gasteiger partial charge in [-0.1, -0.05) is 60.8 Å². The third-order valence-electron chi connectivity index (χ3n) is 4.22. The third kappa shape index (κ3) is 5.30. The first-order valence-electron chi connectivity index (χ1n) is 8.23. The molecule has 0 aromatic heterocycles. The normalized spacial score (nSPS) is 17.5. The summed E-state index contributed by atoms with van der Waals surface area (Å²) >= 11 is 18.4. The maximum absolute atomic E-state index is 12.1. The van der Waals surface area contributed by atoms with Crippen LogP contribution in [0.5, 0.6) is 5.75 Å². The number of benzene rings is 1. The Kier molecular flexibility index (Phi) is 7.09. The number of anilines is 1. The first-order valence-corrected chi connectivity index (χ1v) is 9.36. The van der Waals surface area contributed by atoms with Gasteiger partial charge in [-0.05, 0) is 12.1 Å². The molecule has 1 heterocycles. The topological polar surface area (TPSA) is 44.8 Å². The van der Waals surface area contributed by atoms with Crippen molar-refractivity contribution in [3.05, 3.63) is 24.3 Å². The van der Waals surface area contributed by atoms with Crippen molar-refractivity contribution in [2.45, 2.75) is 23.8 Å². The minimum Gasteiger partial charge on any atom is -0.495 e. The summed E-state index contributed by atoms with van der Waals surface area (Å²) in [6.07, 6.45) is -0.660. The molecule has 0 spiro atoms. The predicted molar refractivity (Wildman–Crippen MR) is 104 cm³/mol. The number of hydrogen-bond acceptors (Lipinski definition) is 4. The fraction of sp³-hybridized carbons (Fsp3) is 0.588. The maximum atomic E-state index is 12.1. The first kappa shape index (κ1) is 20.4. The van der Waals surface area contributed by atoms with E-state index in [9.17, 15) is 4.79 Å². The van der Waals surface area contributed by atoms with Crippen molar-refractivity contribution < 1.29 is 9.53 Å². The Morgan fingerprint density at radius 1 is 1.16 bits per heavy atom. The summed E-state index contributed by atoms with van der Waals surface area (Å²) in [4.78, 5) is 16.3. The van der Waals surface area contributed by atoms with Crippen LogP contribution in [0.2, 0.25) is 0 Å². The van der Waals surface area contributed by atoms with Gasteiger partial charge in [0.05, 0.1) is 12.8 Å². The fourth-order valence-corrected chi connectivity index (χ4v) is 3.37. The number of alkyl halides is 3. The van der Waals surface area contributed by atoms with Crippen molar-refractivity contribution in [2.75, 3.05) is 38.2 Å². The lowest BCUT2D eigenvalue weighted by Gasteiger charge is -2.42. The average Bonchev–Trinajstić information content (AvgIpc) is 2.58. The summed E-state index contributed by atoms with van der Waals surface area (Å²) in [5, 5.41) is 2.85. The van der Waals surface area contributed by atoms with E-state index in [-0.39, 0.29) is 11.8 Å². The highest BCUT2D eigenvalue weighted by molar-refractivity contribution is 6.68. The number of carbonyl (C=O) groups excluding carboxylic acids is 1. The Hall–Kier alpha value is -0.880. The molecule has 1 aliphatic rings. The van der Waals surface area contributed by atoms with Gasteiger partial charge < -0.3 is 15.0 Å². The molecule has 1 fully saturated rings. The average molecular weight is 409 g/mol. The van der Waals surface area contributed by atoms with Crippen molar-refractivity contribution in [2.24, 2.45) is 5.92 Å². The van der Waals surface area contributed by atoms with E-state index in [4.69, 9.17) is 39.5 Å². The van der Waals surface area contributed by atoms with Gasteiger partial charge in [-0.15, -0.1) is 0 Å². The predicted octanol–water partition coefficient (Wildman–Crippen LogP) is 3.29. The van der Waals surface area contributed by atoms with Gasteiger partial charge in [0, 0.05) is 32.1 Å². The number of ether oxygens (including phenoxy) is 1. The van der Waals surface area contributed by atoms with E-state index in [1.165, 1.54) is 0 Å². The largest absolute Gasteiger partial charge is 0.495 e. The van der Waals surface area contributed by atoms with Crippen molar-refractivity contribution in [3.63, 3.8) is 0 Å². The van der Waals surface area contributed by atoms with Gasteiger partial charge in [0.25, 0.3) is 0 Å². The Morgan fingerprint density at radius 2 is 1.76 bits per heavy atom. The molecule has 1 aliphatic heterocycles. The van der Waals surface area contributed by atoms with Crippen LogP contribution in [0.15, 0.2) is 24.3 Å². The molecule has 25 heavy (non-hydrogen) atoms. The Bertz CT molecular complexity index is 585. The lowest BCUT2D eigenvalue weighted by molar-refractivity contribution is -0.126. The van der Waals surface area contributed by atoms with Crippen LogP contribution in [-0.2, 0) is 4.79 Å². The summed E-state index contributed by atoms with van der Waals surface area (Å²) in [6, 6.07) is 7.90. The van der Waals surface area contributed by atoms with E-state index in [1.807, 2.05) is 43.0 Å². The number of methoxy groups -OCH3 is 1. The second kappa shape index (κ2) is 8.67. The van der Waals surface area contributed by atoms with E-state index >= 15 is 0 Å². The van der Waals surface area contributed by atoms with E-state index < -0.39 is 9.96 Å². The Labute approximate surface area is 164 Å². The van der Waals surface area contributed by atoms with Crippen LogP contribution >= 0.6 is 34.8 Å². The lowest BCUT2D eigenvalue weighted by atomic mass is 10.2. The minimum absolute atomic E-state index is 0.136. The quantitative estimate of drug-likeness (QED) is 0.759. The van der Waals surface area contributed by atoms with E-state index in [1.54, 1.807) is 7.11 Å². The second-order valence-electron chi connectivity index (χ2n) is 6.30. The molecule has 1 aromatic carbocycles. The van der Waals surface area contributed by atoms with Crippen LogP contribution in [0.3, 0.4) is 0 Å². The fourth-order valence-electron chi connectivity index (χ4n) is 2.79.